The van der Waals surface area contributed by atoms with Gasteiger partial charge in [0.2, 0.25) is 22.1 Å². The van der Waals surface area contributed by atoms with E-state index >= 15 is 0 Å². The molecule has 0 aliphatic carbocycles. The fourth-order valence-electron chi connectivity index (χ4n) is 3.62. The molecule has 0 aliphatic heterocycles. The number of anilines is 2. The number of hydrogen-bond donors (Lipinski definition) is 2. The number of pyridine rings is 1. The summed E-state index contributed by atoms with van der Waals surface area (Å²) < 4.78 is 1.45. The van der Waals surface area contributed by atoms with Gasteiger partial charge in [-0.3, -0.25) is 19.9 Å². The van der Waals surface area contributed by atoms with Crippen molar-refractivity contribution in [3.8, 4) is 11.4 Å². The molecule has 0 spiro atoms. The maximum Gasteiger partial charge on any atom is 0.247 e. The maximum atomic E-state index is 12.4. The molecule has 0 fully saturated rings. The van der Waals surface area contributed by atoms with E-state index in [-0.39, 0.29) is 18.4 Å². The van der Waals surface area contributed by atoms with E-state index in [1.807, 2.05) is 48.5 Å². The summed E-state index contributed by atoms with van der Waals surface area (Å²) in [5, 5.41) is 32.8. The first-order valence-electron chi connectivity index (χ1n) is 12.2. The lowest BCUT2D eigenvalue weighted by Crippen LogP contribution is -2.19. The number of aromatic nitrogens is 8. The van der Waals surface area contributed by atoms with Crippen LogP contribution in [-0.4, -0.2) is 52.2 Å². The molecule has 0 bridgehead atoms. The van der Waals surface area contributed by atoms with Crippen LogP contribution in [0.25, 0.3) is 11.4 Å². The van der Waals surface area contributed by atoms with Gasteiger partial charge < -0.3 is 5.32 Å². The summed E-state index contributed by atoms with van der Waals surface area (Å²) in [5.74, 6) is -0.378. The van der Waals surface area contributed by atoms with Crippen LogP contribution in [0.3, 0.4) is 0 Å². The Bertz CT molecular complexity index is 1520. The van der Waals surface area contributed by atoms with E-state index in [9.17, 15) is 9.59 Å². The number of nitrogens with zero attached hydrogens (tertiary/aromatic N) is 8. The molecule has 5 rings (SSSR count). The molecule has 4 heterocycles. The van der Waals surface area contributed by atoms with Gasteiger partial charge in [0.1, 0.15) is 22.3 Å². The Morgan fingerprint density at radius 1 is 0.744 bits per heavy atom. The van der Waals surface area contributed by atoms with E-state index in [0.29, 0.717) is 28.1 Å². The number of aryl methyl sites for hydroxylation is 2. The van der Waals surface area contributed by atoms with Crippen molar-refractivity contribution in [1.29, 1.82) is 0 Å². The lowest BCUT2D eigenvalue weighted by molar-refractivity contribution is -0.117. The lowest BCUT2D eigenvalue weighted by Gasteiger charge is -2.00. The molecule has 0 atom stereocenters. The van der Waals surface area contributed by atoms with Crippen molar-refractivity contribution in [3.05, 3.63) is 76.5 Å². The number of rotatable bonds is 12. The molecular weight excluding hydrogens is 536 g/mol. The van der Waals surface area contributed by atoms with Crippen LogP contribution < -0.4 is 10.6 Å². The number of unbranched alkanes of at least 4 members (excludes halogenated alkanes) is 1. The normalized spacial score (nSPS) is 10.9. The SMILES string of the molecule is O=C(Cc1ccccc1)Nc1nnc(CCCCc2nnc(NC(=O)Cn3cc(-c4ccccn4)nn3)s2)s1. The lowest BCUT2D eigenvalue weighted by atomic mass is 10.1. The van der Waals surface area contributed by atoms with E-state index in [1.165, 1.54) is 27.4 Å². The Kier molecular flexibility index (Phi) is 8.65. The average molecular weight is 561 g/mol. The molecule has 0 radical (unpaired) electrons. The molecule has 12 nitrogen and oxygen atoms in total. The van der Waals surface area contributed by atoms with Crippen LogP contribution in [0, 0.1) is 0 Å². The monoisotopic (exact) mass is 560 g/mol. The van der Waals surface area contributed by atoms with Gasteiger partial charge >= 0.3 is 0 Å². The Hall–Kier alpha value is -4.43. The van der Waals surface area contributed by atoms with Gasteiger partial charge in [-0.25, -0.2) is 4.68 Å². The van der Waals surface area contributed by atoms with Gasteiger partial charge in [0, 0.05) is 19.0 Å². The molecule has 4 aromatic heterocycles. The van der Waals surface area contributed by atoms with E-state index in [2.05, 4.69) is 46.3 Å². The maximum absolute atomic E-state index is 12.4. The summed E-state index contributed by atoms with van der Waals surface area (Å²) >= 11 is 2.74. The smallest absolute Gasteiger partial charge is 0.247 e. The summed E-state index contributed by atoms with van der Waals surface area (Å²) in [6.45, 7) is 0.00525. The number of benzene rings is 1. The summed E-state index contributed by atoms with van der Waals surface area (Å²) in [6, 6.07) is 15.1. The molecule has 0 aliphatic rings. The Labute approximate surface area is 231 Å². The van der Waals surface area contributed by atoms with Gasteiger partial charge in [-0.1, -0.05) is 64.3 Å². The van der Waals surface area contributed by atoms with Gasteiger partial charge in [-0.2, -0.15) is 0 Å². The molecule has 2 N–H and O–H groups in total. The second kappa shape index (κ2) is 12.9. The Morgan fingerprint density at radius 2 is 1.41 bits per heavy atom. The molecule has 5 aromatic rings. The van der Waals surface area contributed by atoms with Gasteiger partial charge in [0.15, 0.2) is 0 Å². The van der Waals surface area contributed by atoms with E-state index < -0.39 is 0 Å². The van der Waals surface area contributed by atoms with Gasteiger partial charge in [-0.05, 0) is 30.5 Å². The first-order chi connectivity index (χ1) is 19.1. The third-order valence-electron chi connectivity index (χ3n) is 5.44. The molecule has 198 valence electrons. The fourth-order valence-corrected chi connectivity index (χ4v) is 5.22. The largest absolute Gasteiger partial charge is 0.300 e. The second-order valence-electron chi connectivity index (χ2n) is 8.48. The molecule has 2 amide bonds. The molecular formula is C25H24N10O2S2. The molecule has 0 saturated carbocycles. The third kappa shape index (κ3) is 7.78. The van der Waals surface area contributed by atoms with Crippen molar-refractivity contribution >= 4 is 44.8 Å². The van der Waals surface area contributed by atoms with E-state index in [4.69, 9.17) is 0 Å². The minimum Gasteiger partial charge on any atom is -0.300 e. The zero-order valence-electron chi connectivity index (χ0n) is 20.7. The number of hydrogen-bond acceptors (Lipinski definition) is 11. The van der Waals surface area contributed by atoms with Gasteiger partial charge in [0.05, 0.1) is 18.3 Å². The fraction of sp³-hybridized carbons (Fsp3) is 0.240. The molecule has 14 heteroatoms. The van der Waals surface area contributed by atoms with E-state index in [1.54, 1.807) is 12.4 Å². The minimum atomic E-state index is -0.266. The van der Waals surface area contributed by atoms with Crippen molar-refractivity contribution in [2.24, 2.45) is 0 Å². The summed E-state index contributed by atoms with van der Waals surface area (Å²) in [6.07, 6.45) is 6.92. The van der Waals surface area contributed by atoms with Crippen LogP contribution in [0.1, 0.15) is 28.4 Å². The predicted octanol–water partition coefficient (Wildman–Crippen LogP) is 3.43. The third-order valence-corrected chi connectivity index (χ3v) is 7.23. The summed E-state index contributed by atoms with van der Waals surface area (Å²) in [4.78, 5) is 28.8. The van der Waals surface area contributed by atoms with Crippen molar-refractivity contribution < 1.29 is 9.59 Å². The van der Waals surface area contributed by atoms with Crippen molar-refractivity contribution in [2.75, 3.05) is 10.6 Å². The molecule has 0 unspecified atom stereocenters. The van der Waals surface area contributed by atoms with Crippen molar-refractivity contribution in [1.82, 2.24) is 40.4 Å². The first-order valence-corrected chi connectivity index (χ1v) is 13.8. The quantitative estimate of drug-likeness (QED) is 0.218. The van der Waals surface area contributed by atoms with Crippen LogP contribution in [0.2, 0.25) is 0 Å². The Morgan fingerprint density at radius 3 is 2.08 bits per heavy atom. The van der Waals surface area contributed by atoms with Crippen LogP contribution in [0.15, 0.2) is 60.9 Å². The van der Waals surface area contributed by atoms with Crippen molar-refractivity contribution in [3.63, 3.8) is 0 Å². The minimum absolute atomic E-state index is 0.00525. The van der Waals surface area contributed by atoms with Crippen LogP contribution in [0.4, 0.5) is 10.3 Å². The molecule has 39 heavy (non-hydrogen) atoms. The van der Waals surface area contributed by atoms with Crippen molar-refractivity contribution in [2.45, 2.75) is 38.6 Å². The zero-order chi connectivity index (χ0) is 26.9. The first kappa shape index (κ1) is 26.2. The second-order valence-corrected chi connectivity index (χ2v) is 10.6. The predicted molar refractivity (Wildman–Crippen MR) is 147 cm³/mol. The van der Waals surface area contributed by atoms with Crippen LogP contribution in [0.5, 0.6) is 0 Å². The average Bonchev–Trinajstić information content (AvgIpc) is 3.70. The molecule has 0 saturated heterocycles. The summed E-state index contributed by atoms with van der Waals surface area (Å²) in [7, 11) is 0. The number of carbonyl (C=O) groups excluding carboxylic acids is 2. The number of carbonyl (C=O) groups is 2. The summed E-state index contributed by atoms with van der Waals surface area (Å²) in [5.41, 5.74) is 2.23. The standard InChI is InChI=1S/C25H24N10O2S2/c36-20(14-17-8-2-1-3-9-17)27-24-32-30-22(38-24)11-4-5-12-23-31-33-25(39-23)28-21(37)16-35-15-19(29-34-35)18-10-6-7-13-26-18/h1-3,6-10,13,15H,4-5,11-12,14,16H2,(H,27,32,36)(H,28,33,37). The number of nitrogens with one attached hydrogen (secondary N) is 2. The van der Waals surface area contributed by atoms with Crippen LogP contribution >= 0.6 is 22.7 Å². The highest BCUT2D eigenvalue weighted by atomic mass is 32.1. The van der Waals surface area contributed by atoms with E-state index in [0.717, 1.165) is 41.3 Å². The zero-order valence-corrected chi connectivity index (χ0v) is 22.4. The highest BCUT2D eigenvalue weighted by Gasteiger charge is 2.12. The topological polar surface area (TPSA) is 153 Å². The van der Waals surface area contributed by atoms with Gasteiger partial charge in [-0.15, -0.1) is 25.5 Å². The highest BCUT2D eigenvalue weighted by Crippen LogP contribution is 2.20. The van der Waals surface area contributed by atoms with Crippen LogP contribution in [-0.2, 0) is 35.4 Å². The highest BCUT2D eigenvalue weighted by molar-refractivity contribution is 7.15. The molecule has 1 aromatic carbocycles. The Balaban J connectivity index is 1.01. The number of amides is 2. The van der Waals surface area contributed by atoms with Gasteiger partial charge in [0.25, 0.3) is 0 Å².